The molecule has 3 aromatic rings. The average molecular weight is 575 g/mol. The molecule has 5 nitrogen and oxygen atoms in total. The first-order valence-corrected chi connectivity index (χ1v) is 15.2. The lowest BCUT2D eigenvalue weighted by atomic mass is 9.52. The predicted octanol–water partition coefficient (Wildman–Crippen LogP) is 6.79. The number of benzene rings is 2. The Morgan fingerprint density at radius 1 is 0.974 bits per heavy atom. The topological polar surface area (TPSA) is 45.7 Å². The highest BCUT2D eigenvalue weighted by atomic mass is 79.9. The minimum atomic E-state index is 0.114. The van der Waals surface area contributed by atoms with Gasteiger partial charge in [-0.2, -0.15) is 0 Å². The minimum absolute atomic E-state index is 0.114. The van der Waals surface area contributed by atoms with Crippen molar-refractivity contribution in [2.24, 2.45) is 17.8 Å². The van der Waals surface area contributed by atoms with Crippen LogP contribution in [0.3, 0.4) is 0 Å². The van der Waals surface area contributed by atoms with Gasteiger partial charge in [-0.15, -0.1) is 0 Å². The fraction of sp³-hybridized carbons (Fsp3) is 0.500. The summed E-state index contributed by atoms with van der Waals surface area (Å²) in [6, 6.07) is 16.0. The van der Waals surface area contributed by atoms with Crippen LogP contribution in [0, 0.1) is 17.8 Å². The van der Waals surface area contributed by atoms with Crippen LogP contribution in [0.1, 0.15) is 55.8 Å². The predicted molar refractivity (Wildman–Crippen MR) is 154 cm³/mol. The molecule has 0 N–H and O–H groups in total. The molecule has 0 atom stereocenters. The second-order valence-corrected chi connectivity index (χ2v) is 13.0. The van der Waals surface area contributed by atoms with Gasteiger partial charge in [0.2, 0.25) is 0 Å². The Labute approximate surface area is 233 Å². The van der Waals surface area contributed by atoms with Gasteiger partial charge in [0.1, 0.15) is 5.75 Å². The van der Waals surface area contributed by atoms with Gasteiger partial charge >= 0.3 is 0 Å². The van der Waals surface area contributed by atoms with Gasteiger partial charge < -0.3 is 9.64 Å². The number of piperazine rings is 1. The van der Waals surface area contributed by atoms with E-state index in [2.05, 4.69) is 25.7 Å². The van der Waals surface area contributed by atoms with Crippen molar-refractivity contribution in [2.45, 2.75) is 51.0 Å². The normalized spacial score (nSPS) is 28.7. The van der Waals surface area contributed by atoms with E-state index < -0.39 is 0 Å². The average Bonchev–Trinajstić information content (AvgIpc) is 2.92. The molecule has 0 radical (unpaired) electrons. The number of pyridine rings is 1. The molecule has 0 spiro atoms. The van der Waals surface area contributed by atoms with E-state index in [1.165, 1.54) is 38.5 Å². The van der Waals surface area contributed by atoms with Gasteiger partial charge in [-0.1, -0.05) is 28.1 Å². The van der Waals surface area contributed by atoms with Crippen molar-refractivity contribution in [2.75, 3.05) is 32.8 Å². The minimum Gasteiger partial charge on any atom is -0.494 e. The molecule has 6 heteroatoms. The lowest BCUT2D eigenvalue weighted by Crippen LogP contribution is -2.64. The maximum atomic E-state index is 14.1. The molecule has 2 heterocycles. The molecule has 1 amide bonds. The molecule has 5 aliphatic rings. The fourth-order valence-electron chi connectivity index (χ4n) is 8.44. The first-order chi connectivity index (χ1) is 18.5. The summed E-state index contributed by atoms with van der Waals surface area (Å²) in [6.45, 7) is 6.18. The van der Waals surface area contributed by atoms with Crippen LogP contribution in [0.15, 0.2) is 53.0 Å². The van der Waals surface area contributed by atoms with Crippen molar-refractivity contribution in [3.8, 4) is 17.0 Å². The summed E-state index contributed by atoms with van der Waals surface area (Å²) in [5.74, 6) is 3.77. The van der Waals surface area contributed by atoms with E-state index >= 15 is 0 Å². The van der Waals surface area contributed by atoms with E-state index in [0.29, 0.717) is 12.1 Å². The quantitative estimate of drug-likeness (QED) is 0.337. The molecule has 1 aromatic heterocycles. The van der Waals surface area contributed by atoms with E-state index in [0.717, 1.165) is 81.9 Å². The van der Waals surface area contributed by atoms with Gasteiger partial charge in [0.25, 0.3) is 5.91 Å². The highest BCUT2D eigenvalue weighted by molar-refractivity contribution is 9.10. The standard InChI is InChI=1S/C32H36BrN3O2/c1-2-38-26-5-3-4-24(15-26)30-17-28(27-16-25(33)6-7-29(27)34-30)31(37)35-8-10-36(11-9-35)32-18-21-12-22(19-32)14-23(13-21)20-32/h3-7,15-17,21-23H,2,8-14,18-20H2,1H3. The maximum absolute atomic E-state index is 14.1. The van der Waals surface area contributed by atoms with E-state index in [1.807, 2.05) is 55.5 Å². The van der Waals surface area contributed by atoms with Crippen LogP contribution >= 0.6 is 15.9 Å². The third-order valence-electron chi connectivity index (χ3n) is 9.69. The first-order valence-electron chi connectivity index (χ1n) is 14.4. The van der Waals surface area contributed by atoms with E-state index in [9.17, 15) is 4.79 Å². The monoisotopic (exact) mass is 573 g/mol. The molecule has 4 aliphatic carbocycles. The molecule has 38 heavy (non-hydrogen) atoms. The molecule has 4 bridgehead atoms. The lowest BCUT2D eigenvalue weighted by Gasteiger charge is -2.61. The first kappa shape index (κ1) is 24.6. The third kappa shape index (κ3) is 4.34. The van der Waals surface area contributed by atoms with Crippen molar-refractivity contribution in [1.29, 1.82) is 0 Å². The van der Waals surface area contributed by atoms with Gasteiger partial charge in [0.05, 0.1) is 23.4 Å². The molecule has 5 fully saturated rings. The summed E-state index contributed by atoms with van der Waals surface area (Å²) in [5, 5.41) is 0.901. The van der Waals surface area contributed by atoms with Crippen LogP contribution in [0.2, 0.25) is 0 Å². The number of ether oxygens (including phenoxy) is 1. The molecule has 1 saturated heterocycles. The smallest absolute Gasteiger partial charge is 0.254 e. The fourth-order valence-corrected chi connectivity index (χ4v) is 8.80. The summed E-state index contributed by atoms with van der Waals surface area (Å²) in [7, 11) is 0. The SMILES string of the molecule is CCOc1cccc(-c2cc(C(=O)N3CCN(C45CC6CC(CC(C6)C4)C5)CC3)c3cc(Br)ccc3n2)c1. The van der Waals surface area contributed by atoms with Crippen LogP contribution in [-0.4, -0.2) is 59.0 Å². The highest BCUT2D eigenvalue weighted by Gasteiger charge is 2.53. The van der Waals surface area contributed by atoms with Gasteiger partial charge in [-0.05, 0) is 99.6 Å². The molecule has 8 rings (SSSR count). The number of carbonyl (C=O) groups is 1. The Bertz CT molecular complexity index is 1350. The van der Waals surface area contributed by atoms with Crippen molar-refractivity contribution in [1.82, 2.24) is 14.8 Å². The van der Waals surface area contributed by atoms with Crippen molar-refractivity contribution < 1.29 is 9.53 Å². The number of hydrogen-bond donors (Lipinski definition) is 0. The second-order valence-electron chi connectivity index (χ2n) is 12.1. The Morgan fingerprint density at radius 3 is 2.37 bits per heavy atom. The zero-order valence-corrected chi connectivity index (χ0v) is 23.8. The van der Waals surface area contributed by atoms with Crippen molar-refractivity contribution in [3.05, 3.63) is 58.6 Å². The molecule has 0 unspecified atom stereocenters. The molecule has 1 aliphatic heterocycles. The number of halogens is 1. The summed E-state index contributed by atoms with van der Waals surface area (Å²) < 4.78 is 6.68. The Balaban J connectivity index is 1.16. The van der Waals surface area contributed by atoms with Gasteiger partial charge in [-0.25, -0.2) is 4.98 Å². The zero-order chi connectivity index (χ0) is 25.9. The van der Waals surface area contributed by atoms with Crippen LogP contribution in [-0.2, 0) is 0 Å². The highest BCUT2D eigenvalue weighted by Crippen LogP contribution is 2.57. The number of fused-ring (bicyclic) bond motifs is 1. The van der Waals surface area contributed by atoms with Crippen molar-refractivity contribution >= 4 is 32.7 Å². The van der Waals surface area contributed by atoms with Crippen LogP contribution < -0.4 is 4.74 Å². The molecular weight excluding hydrogens is 538 g/mol. The van der Waals surface area contributed by atoms with Crippen LogP contribution in [0.5, 0.6) is 5.75 Å². The summed E-state index contributed by atoms with van der Waals surface area (Å²) in [5.41, 5.74) is 3.74. The number of nitrogens with zero attached hydrogens (tertiary/aromatic N) is 3. The molecule has 4 saturated carbocycles. The summed E-state index contributed by atoms with van der Waals surface area (Å²) in [6.07, 6.45) is 8.58. The summed E-state index contributed by atoms with van der Waals surface area (Å²) >= 11 is 3.61. The van der Waals surface area contributed by atoms with E-state index in [1.54, 1.807) is 0 Å². The van der Waals surface area contributed by atoms with Gasteiger partial charge in [-0.3, -0.25) is 9.69 Å². The maximum Gasteiger partial charge on any atom is 0.254 e. The number of amides is 1. The molecule has 2 aromatic carbocycles. The number of aromatic nitrogens is 1. The van der Waals surface area contributed by atoms with E-state index in [4.69, 9.17) is 9.72 Å². The lowest BCUT2D eigenvalue weighted by molar-refractivity contribution is -0.0987. The Hall–Kier alpha value is -2.44. The zero-order valence-electron chi connectivity index (χ0n) is 22.2. The second kappa shape index (κ2) is 9.63. The van der Waals surface area contributed by atoms with Crippen LogP contribution in [0.4, 0.5) is 0 Å². The Morgan fingerprint density at radius 2 is 1.68 bits per heavy atom. The van der Waals surface area contributed by atoms with E-state index in [-0.39, 0.29) is 5.91 Å². The summed E-state index contributed by atoms with van der Waals surface area (Å²) in [4.78, 5) is 23.9. The van der Waals surface area contributed by atoms with Gasteiger partial charge in [0.15, 0.2) is 0 Å². The van der Waals surface area contributed by atoms with Crippen LogP contribution in [0.25, 0.3) is 22.2 Å². The van der Waals surface area contributed by atoms with Crippen molar-refractivity contribution in [3.63, 3.8) is 0 Å². The third-order valence-corrected chi connectivity index (χ3v) is 10.2. The number of carbonyl (C=O) groups excluding carboxylic acids is 1. The number of rotatable bonds is 5. The molecular formula is C32H36BrN3O2. The Kier molecular flexibility index (Phi) is 6.23. The largest absolute Gasteiger partial charge is 0.494 e. The van der Waals surface area contributed by atoms with Gasteiger partial charge in [0, 0.05) is 47.1 Å². The number of hydrogen-bond acceptors (Lipinski definition) is 4. The molecule has 198 valence electrons.